The quantitative estimate of drug-likeness (QED) is 0.771. The van der Waals surface area contributed by atoms with E-state index in [1.165, 1.54) is 0 Å². The van der Waals surface area contributed by atoms with Crippen molar-refractivity contribution in [3.05, 3.63) is 16.3 Å². The van der Waals surface area contributed by atoms with Gasteiger partial charge in [-0.05, 0) is 31.9 Å². The summed E-state index contributed by atoms with van der Waals surface area (Å²) in [6, 6.07) is -0.412. The van der Waals surface area contributed by atoms with Crippen LogP contribution in [-0.4, -0.2) is 42.4 Å². The minimum Gasteiger partial charge on any atom is -0.383 e. The van der Waals surface area contributed by atoms with E-state index >= 15 is 0 Å². The molecule has 1 amide bonds. The van der Waals surface area contributed by atoms with Gasteiger partial charge in [0.05, 0.1) is 6.61 Å². The molecule has 1 rings (SSSR count). The lowest BCUT2D eigenvalue weighted by Crippen LogP contribution is -2.39. The zero-order chi connectivity index (χ0) is 14.4. The Morgan fingerprint density at radius 3 is 2.68 bits per heavy atom. The molecule has 0 radical (unpaired) electrons. The van der Waals surface area contributed by atoms with Gasteiger partial charge in [-0.3, -0.25) is 4.79 Å². The van der Waals surface area contributed by atoms with Crippen molar-refractivity contribution in [2.75, 3.05) is 25.6 Å². The van der Waals surface area contributed by atoms with Gasteiger partial charge in [-0.1, -0.05) is 11.6 Å². The average molecular weight is 287 g/mol. The Kier molecular flexibility index (Phi) is 5.98. The van der Waals surface area contributed by atoms with Gasteiger partial charge in [0.15, 0.2) is 11.0 Å². The molecule has 0 saturated heterocycles. The van der Waals surface area contributed by atoms with Gasteiger partial charge in [-0.25, -0.2) is 0 Å². The third-order valence-electron chi connectivity index (χ3n) is 2.82. The molecule has 0 aromatic carbocycles. The van der Waals surface area contributed by atoms with Crippen LogP contribution in [0.15, 0.2) is 0 Å². The number of halogens is 1. The minimum absolute atomic E-state index is 0.120. The van der Waals surface area contributed by atoms with E-state index in [1.807, 2.05) is 13.8 Å². The van der Waals surface area contributed by atoms with Crippen molar-refractivity contribution in [2.45, 2.75) is 26.8 Å². The smallest absolute Gasteiger partial charge is 0.242 e. The van der Waals surface area contributed by atoms with Crippen molar-refractivity contribution in [3.63, 3.8) is 0 Å². The summed E-state index contributed by atoms with van der Waals surface area (Å²) >= 11 is 5.87. The van der Waals surface area contributed by atoms with Crippen LogP contribution in [0.4, 0.5) is 5.82 Å². The van der Waals surface area contributed by atoms with Crippen LogP contribution in [0.1, 0.15) is 18.1 Å². The summed E-state index contributed by atoms with van der Waals surface area (Å²) in [7, 11) is 1.59. The van der Waals surface area contributed by atoms with Gasteiger partial charge in [-0.15, -0.1) is 10.2 Å². The first-order valence-corrected chi connectivity index (χ1v) is 6.37. The van der Waals surface area contributed by atoms with Gasteiger partial charge in [0.25, 0.3) is 0 Å². The largest absolute Gasteiger partial charge is 0.383 e. The Balaban J connectivity index is 2.64. The first-order chi connectivity index (χ1) is 8.97. The number of nitrogens with zero attached hydrogens (tertiary/aromatic N) is 2. The molecule has 106 valence electrons. The summed E-state index contributed by atoms with van der Waals surface area (Å²) in [6.07, 6.45) is 0. The highest BCUT2D eigenvalue weighted by Gasteiger charge is 2.15. The maximum atomic E-state index is 11.8. The van der Waals surface area contributed by atoms with Crippen LogP contribution >= 0.6 is 11.6 Å². The van der Waals surface area contributed by atoms with Crippen LogP contribution in [0.2, 0.25) is 5.15 Å². The summed E-state index contributed by atoms with van der Waals surface area (Å²) in [6.45, 7) is 6.46. The van der Waals surface area contributed by atoms with Gasteiger partial charge < -0.3 is 15.4 Å². The van der Waals surface area contributed by atoms with Crippen LogP contribution in [-0.2, 0) is 9.53 Å². The van der Waals surface area contributed by atoms with Gasteiger partial charge in [0.1, 0.15) is 6.04 Å². The molecule has 1 unspecified atom stereocenters. The monoisotopic (exact) mass is 286 g/mol. The molecule has 0 aliphatic heterocycles. The van der Waals surface area contributed by atoms with E-state index in [0.29, 0.717) is 24.1 Å². The summed E-state index contributed by atoms with van der Waals surface area (Å²) in [5.74, 6) is 0.446. The summed E-state index contributed by atoms with van der Waals surface area (Å²) in [5, 5.41) is 13.9. The molecule has 1 heterocycles. The summed E-state index contributed by atoms with van der Waals surface area (Å²) < 4.78 is 4.87. The number of carbonyl (C=O) groups is 1. The van der Waals surface area contributed by atoms with E-state index < -0.39 is 6.04 Å². The number of nitrogens with one attached hydrogen (secondary N) is 2. The molecule has 7 heteroatoms. The van der Waals surface area contributed by atoms with Crippen molar-refractivity contribution in [1.29, 1.82) is 0 Å². The number of anilines is 1. The van der Waals surface area contributed by atoms with Gasteiger partial charge in [-0.2, -0.15) is 0 Å². The maximum Gasteiger partial charge on any atom is 0.242 e. The number of amides is 1. The van der Waals surface area contributed by atoms with E-state index in [1.54, 1.807) is 14.0 Å². The lowest BCUT2D eigenvalue weighted by Gasteiger charge is -2.16. The van der Waals surface area contributed by atoms with Gasteiger partial charge in [0.2, 0.25) is 5.91 Å². The average Bonchev–Trinajstić information content (AvgIpc) is 2.39. The summed E-state index contributed by atoms with van der Waals surface area (Å²) in [5.41, 5.74) is 1.74. The van der Waals surface area contributed by atoms with E-state index in [4.69, 9.17) is 16.3 Å². The molecule has 19 heavy (non-hydrogen) atoms. The molecule has 0 bridgehead atoms. The van der Waals surface area contributed by atoms with E-state index in [2.05, 4.69) is 20.8 Å². The Morgan fingerprint density at radius 1 is 1.37 bits per heavy atom. The van der Waals surface area contributed by atoms with Crippen molar-refractivity contribution in [2.24, 2.45) is 0 Å². The summed E-state index contributed by atoms with van der Waals surface area (Å²) in [4.78, 5) is 11.8. The number of methoxy groups -OCH3 is 1. The SMILES string of the molecule is COCCNC(=O)C(C)Nc1nnc(Cl)c(C)c1C. The second kappa shape index (κ2) is 7.25. The van der Waals surface area contributed by atoms with Crippen molar-refractivity contribution in [3.8, 4) is 0 Å². The normalized spacial score (nSPS) is 12.1. The fourth-order valence-corrected chi connectivity index (χ4v) is 1.59. The minimum atomic E-state index is -0.412. The molecule has 2 N–H and O–H groups in total. The molecule has 1 atom stereocenters. The molecule has 6 nitrogen and oxygen atoms in total. The second-order valence-electron chi connectivity index (χ2n) is 4.24. The molecular weight excluding hydrogens is 268 g/mol. The van der Waals surface area contributed by atoms with E-state index in [-0.39, 0.29) is 5.91 Å². The number of hydrogen-bond acceptors (Lipinski definition) is 5. The lowest BCUT2D eigenvalue weighted by molar-refractivity contribution is -0.121. The molecular formula is C12H19ClN4O2. The number of rotatable bonds is 6. The van der Waals surface area contributed by atoms with Crippen LogP contribution < -0.4 is 10.6 Å². The fraction of sp³-hybridized carbons (Fsp3) is 0.583. The number of ether oxygens (including phenoxy) is 1. The zero-order valence-electron chi connectivity index (χ0n) is 11.6. The first kappa shape index (κ1) is 15.7. The van der Waals surface area contributed by atoms with Crippen molar-refractivity contribution < 1.29 is 9.53 Å². The van der Waals surface area contributed by atoms with Crippen molar-refractivity contribution >= 4 is 23.3 Å². The molecule has 0 aliphatic rings. The highest BCUT2D eigenvalue weighted by atomic mass is 35.5. The van der Waals surface area contributed by atoms with Crippen LogP contribution in [0.25, 0.3) is 0 Å². The lowest BCUT2D eigenvalue weighted by atomic mass is 10.2. The third-order valence-corrected chi connectivity index (χ3v) is 3.18. The molecule has 1 aromatic rings. The van der Waals surface area contributed by atoms with Crippen LogP contribution in [0, 0.1) is 13.8 Å². The third kappa shape index (κ3) is 4.33. The Morgan fingerprint density at radius 2 is 2.05 bits per heavy atom. The first-order valence-electron chi connectivity index (χ1n) is 6.00. The number of hydrogen-bond donors (Lipinski definition) is 2. The topological polar surface area (TPSA) is 76.1 Å². The number of aromatic nitrogens is 2. The van der Waals surface area contributed by atoms with Gasteiger partial charge >= 0.3 is 0 Å². The number of carbonyl (C=O) groups excluding carboxylic acids is 1. The van der Waals surface area contributed by atoms with Crippen molar-refractivity contribution in [1.82, 2.24) is 15.5 Å². The Bertz CT molecular complexity index is 454. The molecule has 1 aromatic heterocycles. The van der Waals surface area contributed by atoms with Gasteiger partial charge in [0, 0.05) is 13.7 Å². The molecule has 0 spiro atoms. The highest BCUT2D eigenvalue weighted by molar-refractivity contribution is 6.30. The predicted molar refractivity (Wildman–Crippen MR) is 74.5 cm³/mol. The maximum absolute atomic E-state index is 11.8. The van der Waals surface area contributed by atoms with Crippen LogP contribution in [0.3, 0.4) is 0 Å². The van der Waals surface area contributed by atoms with E-state index in [0.717, 1.165) is 11.1 Å². The highest BCUT2D eigenvalue weighted by Crippen LogP contribution is 2.20. The standard InChI is InChI=1S/C12H19ClN4O2/c1-7-8(2)11(17-16-10(7)13)15-9(3)12(18)14-5-6-19-4/h9H,5-6H2,1-4H3,(H,14,18)(H,15,17). The van der Waals surface area contributed by atoms with Crippen LogP contribution in [0.5, 0.6) is 0 Å². The Labute approximate surface area is 117 Å². The molecule has 0 aliphatic carbocycles. The van der Waals surface area contributed by atoms with E-state index in [9.17, 15) is 4.79 Å². The predicted octanol–water partition coefficient (Wildman–Crippen LogP) is 1.31. The molecule has 0 saturated carbocycles. The fourth-order valence-electron chi connectivity index (χ4n) is 1.41. The molecule has 0 fully saturated rings. The zero-order valence-corrected chi connectivity index (χ0v) is 12.3. The Hall–Kier alpha value is -1.40. The second-order valence-corrected chi connectivity index (χ2v) is 4.60.